The highest BCUT2D eigenvalue weighted by Crippen LogP contribution is 2.47. The third-order valence-corrected chi connectivity index (χ3v) is 6.59. The molecule has 0 aromatic heterocycles. The van der Waals surface area contributed by atoms with Gasteiger partial charge in [-0.2, -0.15) is 18.6 Å². The molecule has 4 rings (SSSR count). The van der Waals surface area contributed by atoms with E-state index in [9.17, 15) is 18.1 Å². The van der Waals surface area contributed by atoms with Crippen molar-refractivity contribution in [3.63, 3.8) is 0 Å². The van der Waals surface area contributed by atoms with Crippen LogP contribution in [0.25, 0.3) is 10.8 Å². The summed E-state index contributed by atoms with van der Waals surface area (Å²) in [7, 11) is -4.71. The van der Waals surface area contributed by atoms with Gasteiger partial charge < -0.3 is 10.8 Å². The van der Waals surface area contributed by atoms with E-state index in [2.05, 4.69) is 20.5 Å². The SMILES string of the molecule is Cc1ccc(N=Nc2c(S(=O)(=O)O)cc3cc(C)c(N=Nc4ccc(C)cc4C)c(O)c3c2N)cc1. The third kappa shape index (κ3) is 4.95. The number of phenolic OH excluding ortho intramolecular Hbond substituents is 1. The molecular formula is C26H25N5O4S. The van der Waals surface area contributed by atoms with Crippen molar-refractivity contribution in [1.82, 2.24) is 0 Å². The summed E-state index contributed by atoms with van der Waals surface area (Å²) in [5.74, 6) is -0.287. The Hall–Kier alpha value is -4.15. The molecule has 4 aromatic rings. The molecule has 184 valence electrons. The molecule has 0 saturated carbocycles. The van der Waals surface area contributed by atoms with Crippen molar-refractivity contribution in [2.24, 2.45) is 20.5 Å². The van der Waals surface area contributed by atoms with E-state index >= 15 is 0 Å². The number of nitrogens with two attached hydrogens (primary N) is 1. The maximum atomic E-state index is 12.2. The standard InChI is InChI=1S/C26H25N5O4S/c1-14-5-8-19(9-6-14)28-31-25-21(36(33,34)35)13-18-12-17(4)24(26(32)22(18)23(25)27)30-29-20-10-7-15(2)11-16(20)3/h5-13,32H,27H2,1-4H3,(H,33,34,35). The van der Waals surface area contributed by atoms with Crippen LogP contribution in [0.3, 0.4) is 0 Å². The summed E-state index contributed by atoms with van der Waals surface area (Å²) >= 11 is 0. The Balaban J connectivity index is 1.91. The number of fused-ring (bicyclic) bond motifs is 1. The van der Waals surface area contributed by atoms with Gasteiger partial charge in [-0.25, -0.2) is 0 Å². The Morgan fingerprint density at radius 2 is 1.39 bits per heavy atom. The summed E-state index contributed by atoms with van der Waals surface area (Å²) in [5.41, 5.74) is 10.7. The molecule has 0 aliphatic rings. The lowest BCUT2D eigenvalue weighted by atomic mass is 10.0. The molecule has 0 amide bonds. The second-order valence-corrected chi connectivity index (χ2v) is 10.0. The first-order valence-corrected chi connectivity index (χ1v) is 12.4. The number of nitrogens with zero attached hydrogens (tertiary/aromatic N) is 4. The van der Waals surface area contributed by atoms with Crippen molar-refractivity contribution >= 4 is 49.3 Å². The summed E-state index contributed by atoms with van der Waals surface area (Å²) in [4.78, 5) is -0.521. The fourth-order valence-corrected chi connectivity index (χ4v) is 4.51. The van der Waals surface area contributed by atoms with Crippen LogP contribution in [0.4, 0.5) is 28.4 Å². The van der Waals surface area contributed by atoms with Crippen LogP contribution in [0.15, 0.2) is 79.9 Å². The molecule has 0 aliphatic heterocycles. The molecule has 0 unspecified atom stereocenters. The van der Waals surface area contributed by atoms with Crippen molar-refractivity contribution in [2.75, 3.05) is 5.73 Å². The van der Waals surface area contributed by atoms with Crippen LogP contribution in [0.1, 0.15) is 22.3 Å². The minimum absolute atomic E-state index is 0.125. The van der Waals surface area contributed by atoms with Crippen molar-refractivity contribution in [3.8, 4) is 5.75 Å². The van der Waals surface area contributed by atoms with Crippen LogP contribution in [0.5, 0.6) is 5.75 Å². The van der Waals surface area contributed by atoms with Crippen LogP contribution >= 0.6 is 0 Å². The quantitative estimate of drug-likeness (QED) is 0.147. The van der Waals surface area contributed by atoms with Gasteiger partial charge in [0.25, 0.3) is 10.1 Å². The van der Waals surface area contributed by atoms with Gasteiger partial charge in [0.15, 0.2) is 5.75 Å². The maximum Gasteiger partial charge on any atom is 0.296 e. The van der Waals surface area contributed by atoms with Crippen LogP contribution in [-0.4, -0.2) is 18.1 Å². The van der Waals surface area contributed by atoms with Crippen LogP contribution in [0.2, 0.25) is 0 Å². The first kappa shape index (κ1) is 25.0. The van der Waals surface area contributed by atoms with E-state index in [4.69, 9.17) is 5.73 Å². The third-order valence-electron chi connectivity index (χ3n) is 5.73. The second kappa shape index (κ2) is 9.48. The van der Waals surface area contributed by atoms with Crippen LogP contribution < -0.4 is 5.73 Å². The Morgan fingerprint density at radius 1 is 0.750 bits per heavy atom. The normalized spacial score (nSPS) is 12.2. The number of rotatable bonds is 5. The van der Waals surface area contributed by atoms with Crippen LogP contribution in [0, 0.1) is 27.7 Å². The Kier molecular flexibility index (Phi) is 6.57. The number of nitrogen functional groups attached to an aromatic ring is 1. The van der Waals surface area contributed by atoms with Crippen LogP contribution in [-0.2, 0) is 10.1 Å². The summed E-state index contributed by atoms with van der Waals surface area (Å²) in [5, 5.41) is 28.2. The van der Waals surface area contributed by atoms with E-state index in [-0.39, 0.29) is 33.6 Å². The molecule has 0 atom stereocenters. The second-order valence-electron chi connectivity index (χ2n) is 8.63. The molecule has 0 radical (unpaired) electrons. The minimum atomic E-state index is -4.71. The van der Waals surface area contributed by atoms with Crippen molar-refractivity contribution in [2.45, 2.75) is 32.6 Å². The van der Waals surface area contributed by atoms with Gasteiger partial charge in [0.1, 0.15) is 16.3 Å². The van der Waals surface area contributed by atoms with E-state index < -0.39 is 15.0 Å². The molecule has 10 heteroatoms. The van der Waals surface area contributed by atoms with E-state index in [1.165, 1.54) is 6.07 Å². The molecular weight excluding hydrogens is 478 g/mol. The van der Waals surface area contributed by atoms with Crippen molar-refractivity contribution < 1.29 is 18.1 Å². The zero-order valence-corrected chi connectivity index (χ0v) is 21.0. The Morgan fingerprint density at radius 3 is 2.03 bits per heavy atom. The lowest BCUT2D eigenvalue weighted by Crippen LogP contribution is -2.02. The predicted octanol–water partition coefficient (Wildman–Crippen LogP) is 7.44. The number of hydrogen-bond donors (Lipinski definition) is 3. The molecule has 0 bridgehead atoms. The highest BCUT2D eigenvalue weighted by Gasteiger charge is 2.24. The molecule has 0 aliphatic carbocycles. The monoisotopic (exact) mass is 503 g/mol. The van der Waals surface area contributed by atoms with Gasteiger partial charge in [0.05, 0.1) is 22.4 Å². The predicted molar refractivity (Wildman–Crippen MR) is 140 cm³/mol. The maximum absolute atomic E-state index is 12.2. The minimum Gasteiger partial charge on any atom is -0.505 e. The Bertz CT molecular complexity index is 1660. The largest absolute Gasteiger partial charge is 0.505 e. The van der Waals surface area contributed by atoms with E-state index in [0.717, 1.165) is 16.7 Å². The zero-order chi connectivity index (χ0) is 26.2. The number of azo groups is 2. The number of hydrogen-bond acceptors (Lipinski definition) is 8. The highest BCUT2D eigenvalue weighted by molar-refractivity contribution is 7.86. The summed E-state index contributed by atoms with van der Waals surface area (Å²) < 4.78 is 34.2. The van der Waals surface area contributed by atoms with Gasteiger partial charge in [-0.3, -0.25) is 4.55 Å². The van der Waals surface area contributed by atoms with Gasteiger partial charge in [-0.1, -0.05) is 35.4 Å². The van der Waals surface area contributed by atoms with Crippen molar-refractivity contribution in [3.05, 3.63) is 76.9 Å². The van der Waals surface area contributed by atoms with E-state index in [0.29, 0.717) is 16.9 Å². The smallest absolute Gasteiger partial charge is 0.296 e. The number of aryl methyl sites for hydroxylation is 4. The summed E-state index contributed by atoms with van der Waals surface area (Å²) in [6, 6.07) is 15.6. The average Bonchev–Trinajstić information content (AvgIpc) is 2.79. The number of aromatic hydroxyl groups is 1. The number of benzene rings is 4. The highest BCUT2D eigenvalue weighted by atomic mass is 32.2. The molecule has 0 fully saturated rings. The van der Waals surface area contributed by atoms with E-state index in [1.54, 1.807) is 25.1 Å². The van der Waals surface area contributed by atoms with E-state index in [1.807, 2.05) is 51.1 Å². The van der Waals surface area contributed by atoms with Gasteiger partial charge in [-0.05, 0) is 74.5 Å². The zero-order valence-electron chi connectivity index (χ0n) is 20.2. The molecule has 0 heterocycles. The molecule has 4 N–H and O–H groups in total. The fraction of sp³-hybridized carbons (Fsp3) is 0.154. The summed E-state index contributed by atoms with van der Waals surface area (Å²) in [6.07, 6.45) is 0. The first-order valence-electron chi connectivity index (χ1n) is 11.0. The Labute approximate surface area is 208 Å². The fourth-order valence-electron chi connectivity index (χ4n) is 3.84. The van der Waals surface area contributed by atoms with Gasteiger partial charge in [0.2, 0.25) is 0 Å². The molecule has 0 spiro atoms. The molecule has 0 saturated heterocycles. The first-order chi connectivity index (χ1) is 17.0. The molecule has 4 aromatic carbocycles. The van der Waals surface area contributed by atoms with Gasteiger partial charge in [0, 0.05) is 0 Å². The average molecular weight is 504 g/mol. The lowest BCUT2D eigenvalue weighted by molar-refractivity contribution is 0.480. The number of anilines is 1. The molecule has 9 nitrogen and oxygen atoms in total. The van der Waals surface area contributed by atoms with Crippen molar-refractivity contribution in [1.29, 1.82) is 0 Å². The molecule has 36 heavy (non-hydrogen) atoms. The number of phenols is 1. The topological polar surface area (TPSA) is 150 Å². The van der Waals surface area contributed by atoms with Gasteiger partial charge >= 0.3 is 0 Å². The summed E-state index contributed by atoms with van der Waals surface area (Å²) in [6.45, 7) is 7.50. The lowest BCUT2D eigenvalue weighted by Gasteiger charge is -2.13. The van der Waals surface area contributed by atoms with Gasteiger partial charge in [-0.15, -0.1) is 10.2 Å².